The van der Waals surface area contributed by atoms with Crippen LogP contribution in [0.4, 0.5) is 10.5 Å². The Morgan fingerprint density at radius 1 is 1.77 bits per heavy atom. The van der Waals surface area contributed by atoms with Crippen LogP contribution in [0.2, 0.25) is 0 Å². The van der Waals surface area contributed by atoms with E-state index in [0.29, 0.717) is 12.2 Å². The van der Waals surface area contributed by atoms with Crippen molar-refractivity contribution < 1.29 is 4.79 Å². The van der Waals surface area contributed by atoms with Gasteiger partial charge in [-0.05, 0) is 6.92 Å². The third-order valence-electron chi connectivity index (χ3n) is 1.78. The van der Waals surface area contributed by atoms with Crippen molar-refractivity contribution in [3.05, 3.63) is 12.4 Å². The van der Waals surface area contributed by atoms with Crippen LogP contribution < -0.4 is 5.32 Å². The van der Waals surface area contributed by atoms with Crippen LogP contribution in [-0.4, -0.2) is 34.3 Å². The van der Waals surface area contributed by atoms with Gasteiger partial charge in [0.25, 0.3) is 0 Å². The highest BCUT2D eigenvalue weighted by atomic mass is 16.2. The first-order valence-electron chi connectivity index (χ1n) is 4.14. The molecule has 0 unspecified atom stereocenters. The van der Waals surface area contributed by atoms with Crippen LogP contribution in [-0.2, 0) is 7.05 Å². The number of nitrogens with zero attached hydrogens (tertiary/aromatic N) is 3. The molecule has 0 fully saturated rings. The van der Waals surface area contributed by atoms with Gasteiger partial charge in [0.05, 0.1) is 11.9 Å². The molecule has 5 nitrogen and oxygen atoms in total. The summed E-state index contributed by atoms with van der Waals surface area (Å²) in [7, 11) is 3.55. The second-order valence-corrected chi connectivity index (χ2v) is 2.85. The van der Waals surface area contributed by atoms with Crippen molar-refractivity contribution in [1.29, 1.82) is 0 Å². The smallest absolute Gasteiger partial charge is 0.321 e. The molecule has 0 saturated heterocycles. The molecule has 0 saturated carbocycles. The van der Waals surface area contributed by atoms with Crippen LogP contribution in [0.3, 0.4) is 0 Å². The van der Waals surface area contributed by atoms with E-state index in [-0.39, 0.29) is 6.03 Å². The molecule has 13 heavy (non-hydrogen) atoms. The van der Waals surface area contributed by atoms with E-state index in [2.05, 4.69) is 10.4 Å². The lowest BCUT2D eigenvalue weighted by molar-refractivity contribution is 0.224. The SMILES string of the molecule is CCN(C)C(=O)Nc1cnn(C)c1. The van der Waals surface area contributed by atoms with Gasteiger partial charge in [-0.15, -0.1) is 0 Å². The zero-order chi connectivity index (χ0) is 9.84. The predicted octanol–water partition coefficient (Wildman–Crippen LogP) is 0.904. The highest BCUT2D eigenvalue weighted by Crippen LogP contribution is 2.03. The Labute approximate surface area is 77.3 Å². The van der Waals surface area contributed by atoms with Crippen molar-refractivity contribution in [1.82, 2.24) is 14.7 Å². The lowest BCUT2D eigenvalue weighted by Gasteiger charge is -2.14. The van der Waals surface area contributed by atoms with Gasteiger partial charge in [0.1, 0.15) is 0 Å². The number of carbonyl (C=O) groups excluding carboxylic acids is 1. The molecule has 1 N–H and O–H groups in total. The lowest BCUT2D eigenvalue weighted by Crippen LogP contribution is -2.30. The number of hydrogen-bond donors (Lipinski definition) is 1. The number of amides is 2. The van der Waals surface area contributed by atoms with Crippen molar-refractivity contribution in [3.63, 3.8) is 0 Å². The molecule has 0 bridgehead atoms. The first kappa shape index (κ1) is 9.57. The summed E-state index contributed by atoms with van der Waals surface area (Å²) in [5.41, 5.74) is 0.716. The fourth-order valence-electron chi connectivity index (χ4n) is 0.848. The van der Waals surface area contributed by atoms with Crippen LogP contribution >= 0.6 is 0 Å². The quantitative estimate of drug-likeness (QED) is 0.738. The van der Waals surface area contributed by atoms with E-state index >= 15 is 0 Å². The number of nitrogens with one attached hydrogen (secondary N) is 1. The number of aryl methyl sites for hydroxylation is 1. The van der Waals surface area contributed by atoms with Crippen molar-refractivity contribution in [2.75, 3.05) is 18.9 Å². The summed E-state index contributed by atoms with van der Waals surface area (Å²) in [5.74, 6) is 0. The van der Waals surface area contributed by atoms with Crippen LogP contribution in [0, 0.1) is 0 Å². The molecule has 1 aromatic heterocycles. The van der Waals surface area contributed by atoms with Crippen LogP contribution in [0.5, 0.6) is 0 Å². The van der Waals surface area contributed by atoms with Gasteiger partial charge in [-0.3, -0.25) is 4.68 Å². The number of hydrogen-bond acceptors (Lipinski definition) is 2. The topological polar surface area (TPSA) is 50.2 Å². The summed E-state index contributed by atoms with van der Waals surface area (Å²) in [6, 6.07) is -0.115. The van der Waals surface area contributed by atoms with Crippen molar-refractivity contribution in [3.8, 4) is 0 Å². The summed E-state index contributed by atoms with van der Waals surface area (Å²) >= 11 is 0. The van der Waals surface area contributed by atoms with Crippen molar-refractivity contribution in [2.24, 2.45) is 7.05 Å². The van der Waals surface area contributed by atoms with E-state index in [0.717, 1.165) is 0 Å². The summed E-state index contributed by atoms with van der Waals surface area (Å²) in [4.78, 5) is 12.9. The molecule has 0 aliphatic carbocycles. The van der Waals surface area contributed by atoms with Crippen LogP contribution in [0.1, 0.15) is 6.92 Å². The van der Waals surface area contributed by atoms with Gasteiger partial charge in [-0.2, -0.15) is 5.10 Å². The molecule has 5 heteroatoms. The van der Waals surface area contributed by atoms with Gasteiger partial charge in [0.15, 0.2) is 0 Å². The number of aromatic nitrogens is 2. The summed E-state index contributed by atoms with van der Waals surface area (Å²) in [6.07, 6.45) is 3.36. The molecular weight excluding hydrogens is 168 g/mol. The van der Waals surface area contributed by atoms with Crippen molar-refractivity contribution >= 4 is 11.7 Å². The summed E-state index contributed by atoms with van der Waals surface area (Å²) in [6.45, 7) is 2.61. The molecular formula is C8H14N4O. The average Bonchev–Trinajstić information content (AvgIpc) is 2.49. The molecule has 0 spiro atoms. The van der Waals surface area contributed by atoms with E-state index in [1.54, 1.807) is 36.1 Å². The van der Waals surface area contributed by atoms with Gasteiger partial charge in [-0.1, -0.05) is 0 Å². The van der Waals surface area contributed by atoms with Crippen LogP contribution in [0.15, 0.2) is 12.4 Å². The Morgan fingerprint density at radius 3 is 2.92 bits per heavy atom. The molecule has 0 aromatic carbocycles. The monoisotopic (exact) mass is 182 g/mol. The van der Waals surface area contributed by atoms with Gasteiger partial charge in [0, 0.05) is 26.8 Å². The Bertz CT molecular complexity index is 294. The minimum atomic E-state index is -0.115. The summed E-state index contributed by atoms with van der Waals surface area (Å²) < 4.78 is 1.64. The molecule has 72 valence electrons. The maximum absolute atomic E-state index is 11.3. The van der Waals surface area contributed by atoms with E-state index in [1.165, 1.54) is 0 Å². The minimum absolute atomic E-state index is 0.115. The Hall–Kier alpha value is -1.52. The standard InChI is InChI=1S/C8H14N4O/c1-4-11(2)8(13)10-7-5-9-12(3)6-7/h5-6H,4H2,1-3H3,(H,10,13). The third-order valence-corrected chi connectivity index (χ3v) is 1.78. The van der Waals surface area contributed by atoms with Crippen LogP contribution in [0.25, 0.3) is 0 Å². The fraction of sp³-hybridized carbons (Fsp3) is 0.500. The maximum atomic E-state index is 11.3. The predicted molar refractivity (Wildman–Crippen MR) is 50.5 cm³/mol. The zero-order valence-corrected chi connectivity index (χ0v) is 8.11. The molecule has 2 amide bonds. The average molecular weight is 182 g/mol. The zero-order valence-electron chi connectivity index (χ0n) is 8.11. The van der Waals surface area contributed by atoms with E-state index in [1.807, 2.05) is 6.92 Å². The number of urea groups is 1. The minimum Gasteiger partial charge on any atom is -0.328 e. The van der Waals surface area contributed by atoms with Gasteiger partial charge < -0.3 is 10.2 Å². The second kappa shape index (κ2) is 3.93. The van der Waals surface area contributed by atoms with Gasteiger partial charge in [-0.25, -0.2) is 4.79 Å². The normalized spacial score (nSPS) is 9.77. The number of rotatable bonds is 2. The Morgan fingerprint density at radius 2 is 2.46 bits per heavy atom. The third kappa shape index (κ3) is 2.47. The largest absolute Gasteiger partial charge is 0.328 e. The van der Waals surface area contributed by atoms with E-state index in [4.69, 9.17) is 0 Å². The number of anilines is 1. The Kier molecular flexibility index (Phi) is 2.89. The summed E-state index contributed by atoms with van der Waals surface area (Å²) in [5, 5.41) is 6.66. The second-order valence-electron chi connectivity index (χ2n) is 2.85. The molecule has 0 aliphatic rings. The van der Waals surface area contributed by atoms with Gasteiger partial charge in [0.2, 0.25) is 0 Å². The number of carbonyl (C=O) groups is 1. The fourth-order valence-corrected chi connectivity index (χ4v) is 0.848. The molecule has 1 rings (SSSR count). The maximum Gasteiger partial charge on any atom is 0.321 e. The molecule has 1 aromatic rings. The van der Waals surface area contributed by atoms with E-state index in [9.17, 15) is 4.79 Å². The molecule has 0 aliphatic heterocycles. The first-order valence-corrected chi connectivity index (χ1v) is 4.14. The molecule has 0 atom stereocenters. The van der Waals surface area contributed by atoms with E-state index < -0.39 is 0 Å². The van der Waals surface area contributed by atoms with Gasteiger partial charge >= 0.3 is 6.03 Å². The lowest BCUT2D eigenvalue weighted by atomic mass is 10.5. The highest BCUT2D eigenvalue weighted by molar-refractivity contribution is 5.88. The van der Waals surface area contributed by atoms with Crippen molar-refractivity contribution in [2.45, 2.75) is 6.92 Å². The Balaban J connectivity index is 2.54. The highest BCUT2D eigenvalue weighted by Gasteiger charge is 2.06. The molecule has 0 radical (unpaired) electrons. The first-order chi connectivity index (χ1) is 6.13. The molecule has 1 heterocycles.